The first-order chi connectivity index (χ1) is 17.7. The minimum Gasteiger partial charge on any atom is -0.337 e. The van der Waals surface area contributed by atoms with Gasteiger partial charge in [0.25, 0.3) is 0 Å². The smallest absolute Gasteiger partial charge is 0.134 e. The molecule has 36 heavy (non-hydrogen) atoms. The second-order valence-corrected chi connectivity index (χ2v) is 11.1. The molecule has 0 radical (unpaired) electrons. The quantitative estimate of drug-likeness (QED) is 0.299. The van der Waals surface area contributed by atoms with Crippen LogP contribution < -0.4 is 21.3 Å². The van der Waals surface area contributed by atoms with Crippen LogP contribution in [0.2, 0.25) is 0 Å². The number of thiazole rings is 1. The van der Waals surface area contributed by atoms with Crippen molar-refractivity contribution in [2.45, 2.75) is 70.5 Å². The number of benzene rings is 1. The number of hydrogen-bond donors (Lipinski definition) is 3. The van der Waals surface area contributed by atoms with Gasteiger partial charge in [0.2, 0.25) is 0 Å². The maximum absolute atomic E-state index is 5.79. The molecule has 1 aliphatic carbocycles. The van der Waals surface area contributed by atoms with Crippen molar-refractivity contribution in [3.05, 3.63) is 63.7 Å². The Kier molecular flexibility index (Phi) is 8.33. The van der Waals surface area contributed by atoms with Crippen molar-refractivity contribution in [1.29, 1.82) is 0 Å². The summed E-state index contributed by atoms with van der Waals surface area (Å²) >= 11 is 1.69. The van der Waals surface area contributed by atoms with Crippen molar-refractivity contribution in [2.75, 3.05) is 31.6 Å². The van der Waals surface area contributed by atoms with Crippen LogP contribution in [0.4, 0.5) is 5.82 Å². The first kappa shape index (κ1) is 25.4. The van der Waals surface area contributed by atoms with Gasteiger partial charge in [-0.05, 0) is 37.4 Å². The predicted molar refractivity (Wildman–Crippen MR) is 147 cm³/mol. The molecule has 1 aromatic carbocycles. The molecule has 5 rings (SSSR count). The summed E-state index contributed by atoms with van der Waals surface area (Å²) in [6.45, 7) is 6.47. The molecule has 2 aliphatic rings. The molecule has 0 amide bonds. The molecule has 1 saturated carbocycles. The van der Waals surface area contributed by atoms with E-state index in [1.807, 2.05) is 11.6 Å². The molecule has 0 saturated heterocycles. The lowest BCUT2D eigenvalue weighted by Gasteiger charge is -2.42. The summed E-state index contributed by atoms with van der Waals surface area (Å²) in [6, 6.07) is 9.56. The Morgan fingerprint density at radius 1 is 1.28 bits per heavy atom. The van der Waals surface area contributed by atoms with E-state index in [1.54, 1.807) is 11.3 Å². The van der Waals surface area contributed by atoms with Crippen molar-refractivity contribution < 1.29 is 0 Å². The lowest BCUT2D eigenvalue weighted by molar-refractivity contribution is 0.333. The molecule has 1 aliphatic heterocycles. The standard InChI is InChI=1S/C27H40N8S/c1-3-4-5-13-34-26(21-8-6-7-20(16-21)19-33(2)14-11-28)32-25(30-18-24-29-12-15-36-24)23-17-31-35(27(23)34)22-9-10-22/h6-8,12,15-17,22,25-26,30,32H,3-5,9-11,13-14,18-19,28H2,1-2H3. The Morgan fingerprint density at radius 3 is 2.92 bits per heavy atom. The van der Waals surface area contributed by atoms with E-state index in [0.717, 1.165) is 31.2 Å². The molecule has 2 aromatic heterocycles. The number of rotatable bonds is 13. The highest BCUT2D eigenvalue weighted by atomic mass is 32.1. The number of likely N-dealkylation sites (N-methyl/N-ethyl adjacent to an activating group) is 1. The van der Waals surface area contributed by atoms with E-state index in [9.17, 15) is 0 Å². The zero-order chi connectivity index (χ0) is 24.9. The van der Waals surface area contributed by atoms with Crippen molar-refractivity contribution in [2.24, 2.45) is 5.73 Å². The lowest BCUT2D eigenvalue weighted by Crippen LogP contribution is -2.50. The molecule has 194 valence electrons. The normalized spacial score (nSPS) is 19.7. The predicted octanol–water partition coefficient (Wildman–Crippen LogP) is 4.15. The van der Waals surface area contributed by atoms with E-state index >= 15 is 0 Å². The Balaban J connectivity index is 1.47. The van der Waals surface area contributed by atoms with Gasteiger partial charge in [0.05, 0.1) is 18.4 Å². The van der Waals surface area contributed by atoms with Crippen LogP contribution in [0.5, 0.6) is 0 Å². The van der Waals surface area contributed by atoms with Gasteiger partial charge >= 0.3 is 0 Å². The van der Waals surface area contributed by atoms with Gasteiger partial charge in [-0.2, -0.15) is 5.10 Å². The molecule has 2 unspecified atom stereocenters. The van der Waals surface area contributed by atoms with Crippen molar-refractivity contribution in [3.8, 4) is 0 Å². The van der Waals surface area contributed by atoms with Crippen LogP contribution in [-0.2, 0) is 13.1 Å². The third-order valence-electron chi connectivity index (χ3n) is 7.08. The SMILES string of the molecule is CCCCCN1c2c(cnn2C2CC2)C(NCc2nccs2)NC1c1cccc(CN(C)CCN)c1. The van der Waals surface area contributed by atoms with Gasteiger partial charge in [-0.15, -0.1) is 11.3 Å². The summed E-state index contributed by atoms with van der Waals surface area (Å²) in [7, 11) is 2.13. The number of unbranched alkanes of at least 4 members (excludes halogenated alkanes) is 2. The molecule has 8 nitrogen and oxygen atoms in total. The van der Waals surface area contributed by atoms with Gasteiger partial charge in [-0.25, -0.2) is 9.67 Å². The Labute approximate surface area is 218 Å². The number of aromatic nitrogens is 3. The van der Waals surface area contributed by atoms with Crippen LogP contribution in [0.15, 0.2) is 42.0 Å². The van der Waals surface area contributed by atoms with E-state index in [-0.39, 0.29) is 12.3 Å². The van der Waals surface area contributed by atoms with E-state index in [4.69, 9.17) is 10.8 Å². The molecule has 1 fully saturated rings. The molecular weight excluding hydrogens is 468 g/mol. The minimum absolute atomic E-state index is 0.00685. The average Bonchev–Trinajstić information content (AvgIpc) is 3.40. The van der Waals surface area contributed by atoms with Gasteiger partial charge in [0.1, 0.15) is 17.0 Å². The monoisotopic (exact) mass is 508 g/mol. The Hall–Kier alpha value is -2.30. The van der Waals surface area contributed by atoms with Crippen LogP contribution in [0.3, 0.4) is 0 Å². The summed E-state index contributed by atoms with van der Waals surface area (Å²) in [5, 5.41) is 15.7. The third kappa shape index (κ3) is 5.81. The topological polar surface area (TPSA) is 87.3 Å². The highest BCUT2D eigenvalue weighted by Crippen LogP contribution is 2.44. The van der Waals surface area contributed by atoms with E-state index < -0.39 is 0 Å². The van der Waals surface area contributed by atoms with E-state index in [2.05, 4.69) is 74.5 Å². The Bertz CT molecular complexity index is 1090. The third-order valence-corrected chi connectivity index (χ3v) is 7.86. The van der Waals surface area contributed by atoms with E-state index in [1.165, 1.54) is 54.6 Å². The fraction of sp³-hybridized carbons (Fsp3) is 0.556. The first-order valence-corrected chi connectivity index (χ1v) is 14.2. The molecule has 3 aromatic rings. The number of anilines is 1. The van der Waals surface area contributed by atoms with Crippen LogP contribution in [0, 0.1) is 0 Å². The average molecular weight is 509 g/mol. The maximum Gasteiger partial charge on any atom is 0.134 e. The molecule has 0 spiro atoms. The van der Waals surface area contributed by atoms with Crippen LogP contribution in [-0.4, -0.2) is 46.3 Å². The Morgan fingerprint density at radius 2 is 2.17 bits per heavy atom. The number of nitrogens with one attached hydrogen (secondary N) is 2. The largest absolute Gasteiger partial charge is 0.337 e. The van der Waals surface area contributed by atoms with Crippen LogP contribution in [0.25, 0.3) is 0 Å². The van der Waals surface area contributed by atoms with Gasteiger partial charge < -0.3 is 15.5 Å². The molecule has 3 heterocycles. The summed E-state index contributed by atoms with van der Waals surface area (Å²) in [5.41, 5.74) is 9.63. The van der Waals surface area contributed by atoms with Gasteiger partial charge in [0, 0.05) is 49.9 Å². The molecule has 2 atom stereocenters. The number of nitrogens with two attached hydrogens (primary N) is 1. The van der Waals surface area contributed by atoms with Crippen molar-refractivity contribution >= 4 is 17.2 Å². The minimum atomic E-state index is 0.00685. The summed E-state index contributed by atoms with van der Waals surface area (Å²) < 4.78 is 2.30. The zero-order valence-electron chi connectivity index (χ0n) is 21.6. The molecule has 4 N–H and O–H groups in total. The fourth-order valence-corrected chi connectivity index (χ4v) is 5.70. The first-order valence-electron chi connectivity index (χ1n) is 13.4. The van der Waals surface area contributed by atoms with Gasteiger partial charge in [-0.1, -0.05) is 44.0 Å². The van der Waals surface area contributed by atoms with Crippen molar-refractivity contribution in [1.82, 2.24) is 30.3 Å². The molecule has 0 bridgehead atoms. The van der Waals surface area contributed by atoms with E-state index in [0.29, 0.717) is 12.6 Å². The highest BCUT2D eigenvalue weighted by molar-refractivity contribution is 7.09. The summed E-state index contributed by atoms with van der Waals surface area (Å²) in [5.74, 6) is 1.28. The van der Waals surface area contributed by atoms with Gasteiger partial charge in [0.15, 0.2) is 0 Å². The molecular formula is C27H40N8S. The highest BCUT2D eigenvalue weighted by Gasteiger charge is 2.39. The number of hydrogen-bond acceptors (Lipinski definition) is 8. The summed E-state index contributed by atoms with van der Waals surface area (Å²) in [4.78, 5) is 9.33. The van der Waals surface area contributed by atoms with Gasteiger partial charge in [-0.3, -0.25) is 10.6 Å². The van der Waals surface area contributed by atoms with Crippen LogP contribution >= 0.6 is 11.3 Å². The van der Waals surface area contributed by atoms with Crippen molar-refractivity contribution in [3.63, 3.8) is 0 Å². The summed E-state index contributed by atoms with van der Waals surface area (Å²) in [6.07, 6.45) is 10.1. The number of fused-ring (bicyclic) bond motifs is 1. The van der Waals surface area contributed by atoms with Crippen LogP contribution in [0.1, 0.15) is 79.1 Å². The maximum atomic E-state index is 5.79. The fourth-order valence-electron chi connectivity index (χ4n) is 5.13. The second-order valence-electron chi connectivity index (χ2n) is 10.1. The number of nitrogens with zero attached hydrogens (tertiary/aromatic N) is 5. The zero-order valence-corrected chi connectivity index (χ0v) is 22.4. The lowest BCUT2D eigenvalue weighted by atomic mass is 10.0. The second kappa shape index (κ2) is 11.8. The molecule has 9 heteroatoms.